The molecule has 0 saturated carbocycles. The summed E-state index contributed by atoms with van der Waals surface area (Å²) in [5.41, 5.74) is 6.45. The minimum atomic E-state index is -0.411. The van der Waals surface area contributed by atoms with Gasteiger partial charge in [-0.2, -0.15) is 0 Å². The summed E-state index contributed by atoms with van der Waals surface area (Å²) >= 11 is 0. The molecule has 106 valence electrons. The van der Waals surface area contributed by atoms with Gasteiger partial charge < -0.3 is 15.8 Å². The summed E-state index contributed by atoms with van der Waals surface area (Å²) < 4.78 is 18.5. The van der Waals surface area contributed by atoms with Crippen molar-refractivity contribution in [2.75, 3.05) is 13.2 Å². The van der Waals surface area contributed by atoms with E-state index in [0.717, 1.165) is 12.8 Å². The summed E-state index contributed by atoms with van der Waals surface area (Å²) in [7, 11) is 0. The number of benzene rings is 1. The predicted molar refractivity (Wildman–Crippen MR) is 72.4 cm³/mol. The number of halogens is 1. The zero-order valence-corrected chi connectivity index (χ0v) is 11.4. The van der Waals surface area contributed by atoms with E-state index in [9.17, 15) is 9.18 Å². The van der Waals surface area contributed by atoms with Crippen molar-refractivity contribution >= 4 is 5.91 Å². The lowest BCUT2D eigenvalue weighted by Gasteiger charge is -2.14. The van der Waals surface area contributed by atoms with Crippen LogP contribution in [0.25, 0.3) is 0 Å². The number of amides is 1. The van der Waals surface area contributed by atoms with Crippen molar-refractivity contribution in [1.29, 1.82) is 0 Å². The highest BCUT2D eigenvalue weighted by molar-refractivity contribution is 5.77. The number of carbonyl (C=O) groups is 1. The lowest BCUT2D eigenvalue weighted by molar-refractivity contribution is -0.123. The summed E-state index contributed by atoms with van der Waals surface area (Å²) in [6.07, 6.45) is 1.94. The zero-order chi connectivity index (χ0) is 14.3. The van der Waals surface area contributed by atoms with Crippen molar-refractivity contribution in [3.05, 3.63) is 29.6 Å². The van der Waals surface area contributed by atoms with Crippen molar-refractivity contribution in [3.63, 3.8) is 0 Å². The van der Waals surface area contributed by atoms with Crippen molar-refractivity contribution in [2.45, 2.75) is 32.7 Å². The molecule has 0 aromatic heterocycles. The first-order valence-electron chi connectivity index (χ1n) is 6.49. The number of nitrogens with one attached hydrogen (secondary N) is 1. The normalized spacial score (nSPS) is 12.0. The van der Waals surface area contributed by atoms with E-state index < -0.39 is 5.82 Å². The van der Waals surface area contributed by atoms with Crippen LogP contribution in [0, 0.1) is 5.82 Å². The van der Waals surface area contributed by atoms with Crippen LogP contribution in [0.3, 0.4) is 0 Å². The molecule has 0 radical (unpaired) electrons. The van der Waals surface area contributed by atoms with Crippen LogP contribution in [0.2, 0.25) is 0 Å². The minimum absolute atomic E-state index is 0.132. The quantitative estimate of drug-likeness (QED) is 0.745. The van der Waals surface area contributed by atoms with E-state index in [1.54, 1.807) is 13.0 Å². The topological polar surface area (TPSA) is 64.3 Å². The van der Waals surface area contributed by atoms with Gasteiger partial charge in [0.25, 0.3) is 5.91 Å². The van der Waals surface area contributed by atoms with E-state index >= 15 is 0 Å². The third-order valence-corrected chi connectivity index (χ3v) is 2.68. The first kappa shape index (κ1) is 15.4. The second-order valence-electron chi connectivity index (χ2n) is 4.46. The number of nitrogens with two attached hydrogens (primary N) is 1. The molecule has 1 amide bonds. The van der Waals surface area contributed by atoms with Crippen LogP contribution in [0.15, 0.2) is 18.2 Å². The average molecular weight is 268 g/mol. The fraction of sp³-hybridized carbons (Fsp3) is 0.500. The molecule has 0 fully saturated rings. The number of ether oxygens (including phenoxy) is 1. The van der Waals surface area contributed by atoms with Crippen LogP contribution in [0.5, 0.6) is 5.75 Å². The molecule has 1 aromatic rings. The molecule has 0 aliphatic carbocycles. The molecule has 1 rings (SSSR count). The Bertz CT molecular complexity index is 422. The smallest absolute Gasteiger partial charge is 0.257 e. The molecule has 5 heteroatoms. The second-order valence-corrected chi connectivity index (χ2v) is 4.46. The Kier molecular flexibility index (Phi) is 6.29. The lowest BCUT2D eigenvalue weighted by Crippen LogP contribution is -2.29. The van der Waals surface area contributed by atoms with Crippen LogP contribution in [-0.2, 0) is 4.79 Å². The summed E-state index contributed by atoms with van der Waals surface area (Å²) in [4.78, 5) is 11.5. The monoisotopic (exact) mass is 268 g/mol. The Morgan fingerprint density at radius 3 is 2.89 bits per heavy atom. The molecule has 0 bridgehead atoms. The predicted octanol–water partition coefficient (Wildman–Crippen LogP) is 2.14. The number of hydrogen-bond acceptors (Lipinski definition) is 3. The first-order chi connectivity index (χ1) is 9.04. The van der Waals surface area contributed by atoms with Crippen LogP contribution < -0.4 is 15.8 Å². The Hall–Kier alpha value is -1.62. The Morgan fingerprint density at radius 1 is 1.53 bits per heavy atom. The third-order valence-electron chi connectivity index (χ3n) is 2.68. The standard InChI is InChI=1S/C14H21FN2O2/c1-3-4-7-17-14(18)9-19-13-8-11(15)5-6-12(13)10(2)16/h5-6,8,10H,3-4,7,9,16H2,1-2H3,(H,17,18). The largest absolute Gasteiger partial charge is 0.483 e. The third kappa shape index (κ3) is 5.26. The first-order valence-corrected chi connectivity index (χ1v) is 6.49. The highest BCUT2D eigenvalue weighted by Gasteiger charge is 2.11. The van der Waals surface area contributed by atoms with Gasteiger partial charge in [0.15, 0.2) is 6.61 Å². The maximum atomic E-state index is 13.2. The summed E-state index contributed by atoms with van der Waals surface area (Å²) in [6, 6.07) is 3.87. The van der Waals surface area contributed by atoms with E-state index in [1.807, 2.05) is 6.92 Å². The summed E-state index contributed by atoms with van der Waals surface area (Å²) in [5.74, 6) is -0.306. The second kappa shape index (κ2) is 7.74. The van der Waals surface area contributed by atoms with Gasteiger partial charge in [-0.15, -0.1) is 0 Å². The highest BCUT2D eigenvalue weighted by atomic mass is 19.1. The molecule has 0 aliphatic heterocycles. The molecule has 0 aliphatic rings. The Labute approximate surface area is 113 Å². The minimum Gasteiger partial charge on any atom is -0.483 e. The Balaban J connectivity index is 2.56. The molecule has 1 unspecified atom stereocenters. The molecule has 1 atom stereocenters. The van der Waals surface area contributed by atoms with Gasteiger partial charge in [-0.05, 0) is 19.4 Å². The van der Waals surface area contributed by atoms with Crippen LogP contribution in [-0.4, -0.2) is 19.1 Å². The number of carbonyl (C=O) groups excluding carboxylic acids is 1. The van der Waals surface area contributed by atoms with Gasteiger partial charge in [-0.25, -0.2) is 4.39 Å². The average Bonchev–Trinajstić information content (AvgIpc) is 2.36. The fourth-order valence-corrected chi connectivity index (χ4v) is 1.61. The van der Waals surface area contributed by atoms with Crippen LogP contribution in [0.1, 0.15) is 38.3 Å². The molecule has 4 nitrogen and oxygen atoms in total. The van der Waals surface area contributed by atoms with Crippen molar-refractivity contribution in [3.8, 4) is 5.75 Å². The number of rotatable bonds is 7. The maximum Gasteiger partial charge on any atom is 0.257 e. The molecule has 1 aromatic carbocycles. The number of hydrogen-bond donors (Lipinski definition) is 2. The molecule has 0 saturated heterocycles. The lowest BCUT2D eigenvalue weighted by atomic mass is 10.1. The fourth-order valence-electron chi connectivity index (χ4n) is 1.61. The highest BCUT2D eigenvalue weighted by Crippen LogP contribution is 2.24. The SMILES string of the molecule is CCCCNC(=O)COc1cc(F)ccc1C(C)N. The van der Waals surface area contributed by atoms with Crippen molar-refractivity contribution in [1.82, 2.24) is 5.32 Å². The van der Waals surface area contributed by atoms with Gasteiger partial charge in [-0.3, -0.25) is 4.79 Å². The van der Waals surface area contributed by atoms with E-state index in [0.29, 0.717) is 17.9 Å². The van der Waals surface area contributed by atoms with Gasteiger partial charge >= 0.3 is 0 Å². The maximum absolute atomic E-state index is 13.2. The molecule has 0 heterocycles. The molecule has 19 heavy (non-hydrogen) atoms. The van der Waals surface area contributed by atoms with Gasteiger partial charge in [0.05, 0.1) is 0 Å². The summed E-state index contributed by atoms with van der Waals surface area (Å²) in [5, 5.41) is 2.73. The van der Waals surface area contributed by atoms with Crippen molar-refractivity contribution in [2.24, 2.45) is 5.73 Å². The van der Waals surface area contributed by atoms with Gasteiger partial charge in [0.1, 0.15) is 11.6 Å². The van der Waals surface area contributed by atoms with E-state index in [1.165, 1.54) is 12.1 Å². The van der Waals surface area contributed by atoms with E-state index in [4.69, 9.17) is 10.5 Å². The molecular formula is C14H21FN2O2. The van der Waals surface area contributed by atoms with Gasteiger partial charge in [0.2, 0.25) is 0 Å². The van der Waals surface area contributed by atoms with E-state index in [-0.39, 0.29) is 18.6 Å². The van der Waals surface area contributed by atoms with Gasteiger partial charge in [0, 0.05) is 24.2 Å². The van der Waals surface area contributed by atoms with Crippen molar-refractivity contribution < 1.29 is 13.9 Å². The molecule has 0 spiro atoms. The Morgan fingerprint density at radius 2 is 2.26 bits per heavy atom. The molecule has 3 N–H and O–H groups in total. The summed E-state index contributed by atoms with van der Waals surface area (Å²) in [6.45, 7) is 4.32. The van der Waals surface area contributed by atoms with E-state index in [2.05, 4.69) is 5.32 Å². The van der Waals surface area contributed by atoms with Crippen LogP contribution in [0.4, 0.5) is 4.39 Å². The number of unbranched alkanes of at least 4 members (excludes halogenated alkanes) is 1. The van der Waals surface area contributed by atoms with Gasteiger partial charge in [-0.1, -0.05) is 19.4 Å². The zero-order valence-electron chi connectivity index (χ0n) is 11.4. The molecular weight excluding hydrogens is 247 g/mol. The van der Waals surface area contributed by atoms with Crippen LogP contribution >= 0.6 is 0 Å².